The summed E-state index contributed by atoms with van der Waals surface area (Å²) in [6, 6.07) is 0.181. The summed E-state index contributed by atoms with van der Waals surface area (Å²) in [5.41, 5.74) is 10.6. The highest BCUT2D eigenvalue weighted by atomic mass is 16.3. The van der Waals surface area contributed by atoms with Crippen molar-refractivity contribution < 1.29 is 5.11 Å². The molecule has 0 saturated heterocycles. The summed E-state index contributed by atoms with van der Waals surface area (Å²) in [5, 5.41) is 9.88. The van der Waals surface area contributed by atoms with Gasteiger partial charge in [0.05, 0.1) is 5.60 Å². The van der Waals surface area contributed by atoms with Crippen LogP contribution in [0.5, 0.6) is 0 Å². The van der Waals surface area contributed by atoms with Crippen LogP contribution >= 0.6 is 0 Å². The lowest BCUT2D eigenvalue weighted by Crippen LogP contribution is -2.42. The van der Waals surface area contributed by atoms with Crippen LogP contribution in [0.15, 0.2) is 0 Å². The van der Waals surface area contributed by atoms with Gasteiger partial charge in [0.1, 0.15) is 0 Å². The Labute approximate surface area is 67.8 Å². The first kappa shape index (κ1) is 8.97. The van der Waals surface area contributed by atoms with Crippen LogP contribution in [0.3, 0.4) is 0 Å². The van der Waals surface area contributed by atoms with Gasteiger partial charge in [-0.3, -0.25) is 0 Å². The van der Waals surface area contributed by atoms with E-state index in [9.17, 15) is 5.11 Å². The van der Waals surface area contributed by atoms with Crippen molar-refractivity contribution in [2.75, 3.05) is 6.54 Å². The summed E-state index contributed by atoms with van der Waals surface area (Å²) in [4.78, 5) is 0. The summed E-state index contributed by atoms with van der Waals surface area (Å²) >= 11 is 0. The average Bonchev–Trinajstić information content (AvgIpc) is 1.86. The fourth-order valence-corrected chi connectivity index (χ4v) is 1.88. The van der Waals surface area contributed by atoms with Gasteiger partial charge in [0.15, 0.2) is 0 Å². The molecule has 0 aromatic heterocycles. The van der Waals surface area contributed by atoms with Gasteiger partial charge in [0.25, 0.3) is 0 Å². The fraction of sp³-hybridized carbons (Fsp3) is 1.00. The molecule has 5 N–H and O–H groups in total. The van der Waals surface area contributed by atoms with E-state index in [1.807, 2.05) is 0 Å². The Bertz CT molecular complexity index is 125. The molecule has 0 amide bonds. The Kier molecular flexibility index (Phi) is 2.87. The third kappa shape index (κ3) is 2.43. The van der Waals surface area contributed by atoms with Gasteiger partial charge in [-0.05, 0) is 38.6 Å². The van der Waals surface area contributed by atoms with Crippen LogP contribution in [0, 0.1) is 0 Å². The predicted octanol–water partition coefficient (Wildman–Crippen LogP) is -0.0324. The Hall–Kier alpha value is -0.120. The summed E-state index contributed by atoms with van der Waals surface area (Å²) < 4.78 is 0. The van der Waals surface area contributed by atoms with Gasteiger partial charge in [-0.2, -0.15) is 0 Å². The molecule has 1 aliphatic carbocycles. The molecule has 0 aliphatic heterocycles. The molecule has 3 heteroatoms. The van der Waals surface area contributed by atoms with Crippen molar-refractivity contribution in [1.29, 1.82) is 0 Å². The van der Waals surface area contributed by atoms with Crippen LogP contribution in [0.1, 0.15) is 32.1 Å². The molecule has 0 aromatic carbocycles. The Balaban J connectivity index is 2.41. The van der Waals surface area contributed by atoms with Gasteiger partial charge < -0.3 is 16.6 Å². The zero-order valence-electron chi connectivity index (χ0n) is 6.92. The lowest BCUT2D eigenvalue weighted by molar-refractivity contribution is -0.00763. The minimum absolute atomic E-state index is 0.181. The number of nitrogens with two attached hydrogens (primary N) is 2. The van der Waals surface area contributed by atoms with Crippen LogP contribution in [-0.2, 0) is 0 Å². The second-order valence-corrected chi connectivity index (χ2v) is 3.62. The van der Waals surface area contributed by atoms with E-state index in [0.29, 0.717) is 13.0 Å². The minimum atomic E-state index is -0.549. The smallest absolute Gasteiger partial charge is 0.0674 e. The first-order valence-electron chi connectivity index (χ1n) is 4.34. The van der Waals surface area contributed by atoms with E-state index in [-0.39, 0.29) is 6.04 Å². The second kappa shape index (κ2) is 3.52. The molecular formula is C8H18N2O. The molecule has 66 valence electrons. The second-order valence-electron chi connectivity index (χ2n) is 3.62. The topological polar surface area (TPSA) is 72.3 Å². The summed E-state index contributed by atoms with van der Waals surface area (Å²) in [6.45, 7) is 0.559. The van der Waals surface area contributed by atoms with E-state index in [1.165, 1.54) is 0 Å². The van der Waals surface area contributed by atoms with Crippen molar-refractivity contribution in [3.63, 3.8) is 0 Å². The van der Waals surface area contributed by atoms with Crippen LogP contribution in [0.4, 0.5) is 0 Å². The molecule has 0 radical (unpaired) electrons. The third-order valence-corrected chi connectivity index (χ3v) is 2.47. The van der Waals surface area contributed by atoms with Crippen molar-refractivity contribution in [3.8, 4) is 0 Å². The first-order valence-corrected chi connectivity index (χ1v) is 4.34. The summed E-state index contributed by atoms with van der Waals surface area (Å²) in [6.07, 6.45) is 4.38. The maximum absolute atomic E-state index is 9.88. The predicted molar refractivity (Wildman–Crippen MR) is 45.1 cm³/mol. The van der Waals surface area contributed by atoms with E-state index in [0.717, 1.165) is 25.7 Å². The lowest BCUT2D eigenvalue weighted by Gasteiger charge is -2.35. The van der Waals surface area contributed by atoms with E-state index in [1.54, 1.807) is 0 Å². The molecule has 3 nitrogen and oxygen atoms in total. The maximum atomic E-state index is 9.88. The normalized spacial score (nSPS) is 39.0. The molecule has 1 saturated carbocycles. The monoisotopic (exact) mass is 158 g/mol. The molecule has 0 heterocycles. The third-order valence-electron chi connectivity index (χ3n) is 2.47. The van der Waals surface area contributed by atoms with Crippen molar-refractivity contribution in [2.45, 2.75) is 43.7 Å². The van der Waals surface area contributed by atoms with Crippen molar-refractivity contribution in [1.82, 2.24) is 0 Å². The van der Waals surface area contributed by atoms with Crippen molar-refractivity contribution in [2.24, 2.45) is 11.5 Å². The zero-order chi connectivity index (χ0) is 8.32. The Morgan fingerprint density at radius 3 is 2.82 bits per heavy atom. The molecule has 11 heavy (non-hydrogen) atoms. The highest BCUT2D eigenvalue weighted by molar-refractivity contribution is 4.87. The van der Waals surface area contributed by atoms with Crippen LogP contribution < -0.4 is 11.5 Å². The number of hydrogen-bond acceptors (Lipinski definition) is 3. The largest absolute Gasteiger partial charge is 0.390 e. The summed E-state index contributed by atoms with van der Waals surface area (Å²) in [5.74, 6) is 0. The number of hydrogen-bond donors (Lipinski definition) is 3. The maximum Gasteiger partial charge on any atom is 0.0674 e. The SMILES string of the molecule is NCCC1(O)CCCC(N)C1. The van der Waals surface area contributed by atoms with Gasteiger partial charge in [-0.15, -0.1) is 0 Å². The molecule has 0 spiro atoms. The van der Waals surface area contributed by atoms with Gasteiger partial charge in [0, 0.05) is 6.04 Å². The van der Waals surface area contributed by atoms with Crippen LogP contribution in [0.2, 0.25) is 0 Å². The lowest BCUT2D eigenvalue weighted by atomic mass is 9.80. The molecule has 2 unspecified atom stereocenters. The number of aliphatic hydroxyl groups is 1. The van der Waals surface area contributed by atoms with E-state index in [2.05, 4.69) is 0 Å². The van der Waals surface area contributed by atoms with Gasteiger partial charge >= 0.3 is 0 Å². The molecule has 1 rings (SSSR count). The molecule has 2 atom stereocenters. The highest BCUT2D eigenvalue weighted by Gasteiger charge is 2.31. The van der Waals surface area contributed by atoms with Crippen molar-refractivity contribution >= 4 is 0 Å². The first-order chi connectivity index (χ1) is 5.16. The number of rotatable bonds is 2. The Morgan fingerprint density at radius 2 is 2.27 bits per heavy atom. The molecule has 0 aromatic rings. The molecule has 1 aliphatic rings. The quantitative estimate of drug-likeness (QED) is 0.528. The van der Waals surface area contributed by atoms with Gasteiger partial charge in [-0.25, -0.2) is 0 Å². The highest BCUT2D eigenvalue weighted by Crippen LogP contribution is 2.29. The summed E-state index contributed by atoms with van der Waals surface area (Å²) in [7, 11) is 0. The van der Waals surface area contributed by atoms with E-state index >= 15 is 0 Å². The molecule has 0 bridgehead atoms. The van der Waals surface area contributed by atoms with Gasteiger partial charge in [0.2, 0.25) is 0 Å². The zero-order valence-corrected chi connectivity index (χ0v) is 6.92. The van der Waals surface area contributed by atoms with E-state index in [4.69, 9.17) is 11.5 Å². The molecular weight excluding hydrogens is 140 g/mol. The van der Waals surface area contributed by atoms with E-state index < -0.39 is 5.60 Å². The minimum Gasteiger partial charge on any atom is -0.390 e. The van der Waals surface area contributed by atoms with Crippen LogP contribution in [-0.4, -0.2) is 23.3 Å². The average molecular weight is 158 g/mol. The Morgan fingerprint density at radius 1 is 1.55 bits per heavy atom. The van der Waals surface area contributed by atoms with Crippen LogP contribution in [0.25, 0.3) is 0 Å². The van der Waals surface area contributed by atoms with Crippen molar-refractivity contribution in [3.05, 3.63) is 0 Å². The fourth-order valence-electron chi connectivity index (χ4n) is 1.88. The standard InChI is InChI=1S/C8H18N2O/c9-5-4-8(11)3-1-2-7(10)6-8/h7,11H,1-6,9-10H2. The van der Waals surface area contributed by atoms with Gasteiger partial charge in [-0.1, -0.05) is 0 Å². The molecule has 1 fully saturated rings.